The van der Waals surface area contributed by atoms with E-state index in [1.807, 2.05) is 0 Å². The third-order valence-electron chi connectivity index (χ3n) is 1.19. The van der Waals surface area contributed by atoms with Crippen molar-refractivity contribution >= 4 is 17.6 Å². The first kappa shape index (κ1) is 8.10. The van der Waals surface area contributed by atoms with Crippen molar-refractivity contribution in [3.63, 3.8) is 0 Å². The number of esters is 1. The van der Waals surface area contributed by atoms with Crippen LogP contribution in [0.15, 0.2) is 23.0 Å². The van der Waals surface area contributed by atoms with Crippen LogP contribution in [-0.2, 0) is 9.53 Å². The zero-order valence-corrected chi connectivity index (χ0v) is 6.68. The van der Waals surface area contributed by atoms with E-state index in [4.69, 9.17) is 11.6 Å². The van der Waals surface area contributed by atoms with Gasteiger partial charge in [-0.3, -0.25) is 0 Å². The highest BCUT2D eigenvalue weighted by molar-refractivity contribution is 6.29. The minimum Gasteiger partial charge on any atom is -0.465 e. The maximum Gasteiger partial charge on any atom is 0.343 e. The van der Waals surface area contributed by atoms with Crippen LogP contribution in [0.1, 0.15) is 0 Å². The lowest BCUT2D eigenvalue weighted by atomic mass is 10.3. The zero-order chi connectivity index (χ0) is 8.27. The first-order chi connectivity index (χ1) is 5.24. The van der Waals surface area contributed by atoms with Crippen LogP contribution >= 0.6 is 11.6 Å². The highest BCUT2D eigenvalue weighted by Crippen LogP contribution is 2.05. The Morgan fingerprint density at radius 2 is 2.55 bits per heavy atom. The fourth-order valence-corrected chi connectivity index (χ4v) is 0.863. The molecule has 3 N–H and O–H groups in total. The number of hydrogen-bond donors (Lipinski definition) is 2. The van der Waals surface area contributed by atoms with Crippen molar-refractivity contribution < 1.29 is 15.0 Å². The van der Waals surface area contributed by atoms with Gasteiger partial charge in [-0.15, -0.1) is 0 Å². The van der Waals surface area contributed by atoms with Crippen molar-refractivity contribution in [2.45, 2.75) is 0 Å². The summed E-state index contributed by atoms with van der Waals surface area (Å²) in [4.78, 5) is 10.9. The molecular formula is C6H8ClN2O2+. The summed E-state index contributed by atoms with van der Waals surface area (Å²) in [6.45, 7) is 0. The summed E-state index contributed by atoms with van der Waals surface area (Å²) < 4.78 is 4.48. The first-order valence-electron chi connectivity index (χ1n) is 2.99. The van der Waals surface area contributed by atoms with Gasteiger partial charge in [0, 0.05) is 0 Å². The molecule has 0 amide bonds. The largest absolute Gasteiger partial charge is 0.465 e. The number of hydrogen-bond acceptors (Lipinski definition) is 3. The van der Waals surface area contributed by atoms with Crippen LogP contribution in [0.25, 0.3) is 0 Å². The predicted octanol–water partition coefficient (Wildman–Crippen LogP) is -0.795. The Morgan fingerprint density at radius 3 is 3.09 bits per heavy atom. The minimum absolute atomic E-state index is 0.388. The van der Waals surface area contributed by atoms with Gasteiger partial charge in [-0.2, -0.15) is 0 Å². The van der Waals surface area contributed by atoms with Crippen molar-refractivity contribution in [3.05, 3.63) is 23.0 Å². The second kappa shape index (κ2) is 3.41. The standard InChI is InChI=1S/C6H7ClN2O2/c1-11-6(10)4-2-5(7)9-8-3-4/h2-3,8-9H,1H3/p+1. The molecule has 4 nitrogen and oxygen atoms in total. The lowest BCUT2D eigenvalue weighted by Crippen LogP contribution is -2.88. The van der Waals surface area contributed by atoms with Crippen molar-refractivity contribution in [2.75, 3.05) is 7.11 Å². The molecule has 5 heteroatoms. The van der Waals surface area contributed by atoms with E-state index in [9.17, 15) is 4.79 Å². The zero-order valence-electron chi connectivity index (χ0n) is 5.93. The average Bonchev–Trinajstić information content (AvgIpc) is 2.03. The molecule has 0 spiro atoms. The molecule has 0 bridgehead atoms. The van der Waals surface area contributed by atoms with Crippen LogP contribution < -0.4 is 10.9 Å². The number of methoxy groups -OCH3 is 1. The second-order valence-electron chi connectivity index (χ2n) is 1.92. The molecule has 0 radical (unpaired) electrons. The van der Waals surface area contributed by atoms with Gasteiger partial charge < -0.3 is 4.74 Å². The summed E-state index contributed by atoms with van der Waals surface area (Å²) in [6.07, 6.45) is 3.10. The maximum absolute atomic E-state index is 10.9. The van der Waals surface area contributed by atoms with E-state index in [0.29, 0.717) is 10.7 Å². The molecule has 0 aromatic rings. The van der Waals surface area contributed by atoms with Crippen LogP contribution in [-0.4, -0.2) is 13.1 Å². The van der Waals surface area contributed by atoms with Gasteiger partial charge in [0.1, 0.15) is 11.8 Å². The lowest BCUT2D eigenvalue weighted by Gasteiger charge is -2.06. The number of quaternary nitrogens is 1. The summed E-state index contributed by atoms with van der Waals surface area (Å²) in [5.41, 5.74) is 4.73. The molecule has 1 rings (SSSR count). The fourth-order valence-electron chi connectivity index (χ4n) is 0.682. The average molecular weight is 176 g/mol. The van der Waals surface area contributed by atoms with Gasteiger partial charge in [0.15, 0.2) is 5.16 Å². The normalized spacial score (nSPS) is 16.2. The van der Waals surface area contributed by atoms with Gasteiger partial charge in [0.05, 0.1) is 7.11 Å². The van der Waals surface area contributed by atoms with Gasteiger partial charge in [-0.25, -0.2) is 15.6 Å². The number of carbonyl (C=O) groups is 1. The highest BCUT2D eigenvalue weighted by atomic mass is 35.5. The second-order valence-corrected chi connectivity index (χ2v) is 2.32. The monoisotopic (exact) mass is 175 g/mol. The van der Waals surface area contributed by atoms with Crippen LogP contribution in [0.4, 0.5) is 0 Å². The Morgan fingerprint density at radius 1 is 1.82 bits per heavy atom. The quantitative estimate of drug-likeness (QED) is 0.312. The molecule has 0 aliphatic carbocycles. The number of carbonyl (C=O) groups excluding carboxylic acids is 1. The SMILES string of the molecule is COC(=O)C1=C[NH2+]NC(Cl)=C1. The fraction of sp³-hybridized carbons (Fsp3) is 0.167. The minimum atomic E-state index is -0.388. The highest BCUT2D eigenvalue weighted by Gasteiger charge is 2.13. The molecule has 1 heterocycles. The van der Waals surface area contributed by atoms with Crippen molar-refractivity contribution in [1.29, 1.82) is 0 Å². The smallest absolute Gasteiger partial charge is 0.343 e. The van der Waals surface area contributed by atoms with Crippen LogP contribution in [0.5, 0.6) is 0 Å². The molecule has 11 heavy (non-hydrogen) atoms. The number of nitrogens with two attached hydrogens (primary N) is 1. The van der Waals surface area contributed by atoms with Crippen LogP contribution in [0, 0.1) is 0 Å². The van der Waals surface area contributed by atoms with Gasteiger partial charge >= 0.3 is 5.97 Å². The third-order valence-corrected chi connectivity index (χ3v) is 1.41. The molecule has 0 saturated heterocycles. The lowest BCUT2D eigenvalue weighted by molar-refractivity contribution is -0.641. The third kappa shape index (κ3) is 1.96. The molecule has 1 aliphatic heterocycles. The summed E-state index contributed by atoms with van der Waals surface area (Å²) in [7, 11) is 1.33. The number of rotatable bonds is 1. The Kier molecular flexibility index (Phi) is 2.51. The Bertz CT molecular complexity index is 235. The van der Waals surface area contributed by atoms with E-state index < -0.39 is 0 Å². The van der Waals surface area contributed by atoms with E-state index >= 15 is 0 Å². The molecular weight excluding hydrogens is 168 g/mol. The van der Waals surface area contributed by atoms with Crippen molar-refractivity contribution in [2.24, 2.45) is 0 Å². The van der Waals surface area contributed by atoms with Crippen LogP contribution in [0.3, 0.4) is 0 Å². The summed E-state index contributed by atoms with van der Waals surface area (Å²) in [6, 6.07) is 0. The molecule has 0 atom stereocenters. The Labute approximate surface area is 68.8 Å². The molecule has 0 aromatic heterocycles. The molecule has 0 fully saturated rings. The Hall–Kier alpha value is -1.00. The van der Waals surface area contributed by atoms with Gasteiger partial charge in [0.25, 0.3) is 0 Å². The topological polar surface area (TPSA) is 54.9 Å². The number of ether oxygens (including phenoxy) is 1. The van der Waals surface area contributed by atoms with E-state index in [1.165, 1.54) is 13.2 Å². The number of nitrogens with one attached hydrogen (secondary N) is 1. The molecule has 0 aromatic carbocycles. The Balaban J connectivity index is 2.73. The van der Waals surface area contributed by atoms with Crippen molar-refractivity contribution in [3.8, 4) is 0 Å². The van der Waals surface area contributed by atoms with E-state index in [2.05, 4.69) is 10.2 Å². The molecule has 60 valence electrons. The molecule has 0 unspecified atom stereocenters. The van der Waals surface area contributed by atoms with E-state index in [0.717, 1.165) is 0 Å². The van der Waals surface area contributed by atoms with Crippen molar-refractivity contribution in [1.82, 2.24) is 5.43 Å². The van der Waals surface area contributed by atoms with Gasteiger partial charge in [0.2, 0.25) is 0 Å². The summed E-state index contributed by atoms with van der Waals surface area (Å²) >= 11 is 5.58. The van der Waals surface area contributed by atoms with Gasteiger partial charge in [-0.1, -0.05) is 11.6 Å². The molecule has 0 saturated carbocycles. The maximum atomic E-state index is 10.9. The number of halogens is 1. The van der Waals surface area contributed by atoms with Crippen LogP contribution in [0.2, 0.25) is 0 Å². The molecule has 1 aliphatic rings. The first-order valence-corrected chi connectivity index (χ1v) is 3.37. The summed E-state index contributed by atoms with van der Waals surface area (Å²) in [5.74, 6) is -0.388. The van der Waals surface area contributed by atoms with E-state index in [1.54, 1.807) is 11.6 Å². The predicted molar refractivity (Wildman–Crippen MR) is 39.1 cm³/mol. The van der Waals surface area contributed by atoms with E-state index in [-0.39, 0.29) is 5.97 Å². The summed E-state index contributed by atoms with van der Waals surface area (Å²) in [5, 5.41) is 0.410. The van der Waals surface area contributed by atoms with Gasteiger partial charge in [-0.05, 0) is 6.08 Å².